The van der Waals surface area contributed by atoms with Crippen molar-refractivity contribution in [3.8, 4) is 0 Å². The summed E-state index contributed by atoms with van der Waals surface area (Å²) in [6, 6.07) is 0. The van der Waals surface area contributed by atoms with Crippen molar-refractivity contribution < 1.29 is 9.53 Å². The van der Waals surface area contributed by atoms with Gasteiger partial charge in [0.2, 0.25) is 5.91 Å². The summed E-state index contributed by atoms with van der Waals surface area (Å²) >= 11 is 0. The molecule has 1 fully saturated rings. The van der Waals surface area contributed by atoms with Crippen LogP contribution >= 0.6 is 0 Å². The first-order valence-corrected chi connectivity index (χ1v) is 3.62. The molecule has 0 spiro atoms. The Balaban J connectivity index is 0.000000461. The third kappa shape index (κ3) is 3.78. The number of hydrogen-bond acceptors (Lipinski definition) is 2. The quantitative estimate of drug-likeness (QED) is 0.484. The Labute approximate surface area is 67.6 Å². The summed E-state index contributed by atoms with van der Waals surface area (Å²) in [4.78, 5) is 12.5. The highest BCUT2D eigenvalue weighted by Gasteiger charge is 2.11. The summed E-state index contributed by atoms with van der Waals surface area (Å²) < 4.78 is 4.99. The molecule has 0 aliphatic carbocycles. The van der Waals surface area contributed by atoms with Gasteiger partial charge < -0.3 is 9.64 Å². The SMILES string of the molecule is C=C.CN1CCCOCC1=O. The van der Waals surface area contributed by atoms with E-state index in [0.29, 0.717) is 0 Å². The number of amides is 1. The topological polar surface area (TPSA) is 29.5 Å². The van der Waals surface area contributed by atoms with E-state index in [4.69, 9.17) is 4.74 Å². The van der Waals surface area contributed by atoms with Crippen LogP contribution in [0.5, 0.6) is 0 Å². The lowest BCUT2D eigenvalue weighted by molar-refractivity contribution is -0.132. The molecule has 0 atom stereocenters. The van der Waals surface area contributed by atoms with Gasteiger partial charge in [-0.05, 0) is 6.42 Å². The summed E-state index contributed by atoms with van der Waals surface area (Å²) in [7, 11) is 1.80. The summed E-state index contributed by atoms with van der Waals surface area (Å²) in [5.41, 5.74) is 0. The van der Waals surface area contributed by atoms with Crippen molar-refractivity contribution in [3.05, 3.63) is 13.2 Å². The molecule has 3 nitrogen and oxygen atoms in total. The average molecular weight is 157 g/mol. The Bertz CT molecular complexity index is 125. The molecular formula is C8H15NO2. The number of likely N-dealkylation sites (N-methyl/N-ethyl adjacent to an activating group) is 1. The lowest BCUT2D eigenvalue weighted by atomic mass is 10.4. The summed E-state index contributed by atoms with van der Waals surface area (Å²) in [6.07, 6.45) is 0.961. The second-order valence-electron chi connectivity index (χ2n) is 2.22. The molecule has 0 N–H and O–H groups in total. The molecule has 1 aliphatic heterocycles. The minimum Gasteiger partial charge on any atom is -0.372 e. The van der Waals surface area contributed by atoms with Gasteiger partial charge in [-0.1, -0.05) is 0 Å². The molecule has 1 heterocycles. The molecule has 64 valence electrons. The van der Waals surface area contributed by atoms with Crippen molar-refractivity contribution >= 4 is 5.91 Å². The van der Waals surface area contributed by atoms with Gasteiger partial charge in [-0.25, -0.2) is 0 Å². The Kier molecular flexibility index (Phi) is 5.47. The molecular weight excluding hydrogens is 142 g/mol. The average Bonchev–Trinajstić information content (AvgIpc) is 2.22. The lowest BCUT2D eigenvalue weighted by Crippen LogP contribution is -2.28. The van der Waals surface area contributed by atoms with Crippen molar-refractivity contribution in [2.75, 3.05) is 26.8 Å². The van der Waals surface area contributed by atoms with Crippen LogP contribution in [0.4, 0.5) is 0 Å². The number of carbonyl (C=O) groups is 1. The third-order valence-corrected chi connectivity index (χ3v) is 1.43. The van der Waals surface area contributed by atoms with Crippen LogP contribution in [0.2, 0.25) is 0 Å². The maximum atomic E-state index is 10.8. The van der Waals surface area contributed by atoms with Gasteiger partial charge >= 0.3 is 0 Å². The predicted octanol–water partition coefficient (Wildman–Crippen LogP) is 0.667. The standard InChI is InChI=1S/C6H11NO2.C2H4/c1-7-3-2-4-9-5-6(7)8;1-2/h2-5H2,1H3;1-2H2. The van der Waals surface area contributed by atoms with E-state index in [-0.39, 0.29) is 12.5 Å². The summed E-state index contributed by atoms with van der Waals surface area (Å²) in [6.45, 7) is 7.81. The van der Waals surface area contributed by atoms with E-state index >= 15 is 0 Å². The number of rotatable bonds is 0. The molecule has 3 heteroatoms. The van der Waals surface area contributed by atoms with Crippen LogP contribution in [-0.4, -0.2) is 37.6 Å². The minimum absolute atomic E-state index is 0.0903. The number of nitrogens with zero attached hydrogens (tertiary/aromatic N) is 1. The first-order valence-electron chi connectivity index (χ1n) is 3.62. The van der Waals surface area contributed by atoms with E-state index in [1.54, 1.807) is 11.9 Å². The maximum Gasteiger partial charge on any atom is 0.248 e. The fourth-order valence-corrected chi connectivity index (χ4v) is 0.798. The van der Waals surface area contributed by atoms with Gasteiger partial charge in [0.05, 0.1) is 0 Å². The highest BCUT2D eigenvalue weighted by Crippen LogP contribution is 1.95. The molecule has 0 aromatic heterocycles. The molecule has 0 aromatic carbocycles. The monoisotopic (exact) mass is 157 g/mol. The second-order valence-corrected chi connectivity index (χ2v) is 2.22. The Morgan fingerprint density at radius 1 is 1.55 bits per heavy atom. The van der Waals surface area contributed by atoms with E-state index in [9.17, 15) is 4.79 Å². The van der Waals surface area contributed by atoms with E-state index in [2.05, 4.69) is 13.2 Å². The van der Waals surface area contributed by atoms with Crippen molar-refractivity contribution in [1.82, 2.24) is 4.90 Å². The third-order valence-electron chi connectivity index (χ3n) is 1.43. The Morgan fingerprint density at radius 2 is 2.18 bits per heavy atom. The normalized spacial score (nSPS) is 18.3. The first-order chi connectivity index (χ1) is 5.30. The van der Waals surface area contributed by atoms with Gasteiger partial charge in [0.25, 0.3) is 0 Å². The van der Waals surface area contributed by atoms with Gasteiger partial charge in [-0.15, -0.1) is 13.2 Å². The molecule has 0 saturated carbocycles. The van der Waals surface area contributed by atoms with Gasteiger partial charge in [0.15, 0.2) is 0 Å². The van der Waals surface area contributed by atoms with Crippen LogP contribution < -0.4 is 0 Å². The largest absolute Gasteiger partial charge is 0.372 e. The van der Waals surface area contributed by atoms with Crippen molar-refractivity contribution in [1.29, 1.82) is 0 Å². The van der Waals surface area contributed by atoms with E-state index in [0.717, 1.165) is 19.6 Å². The fourth-order valence-electron chi connectivity index (χ4n) is 0.798. The highest BCUT2D eigenvalue weighted by molar-refractivity contribution is 5.77. The lowest BCUT2D eigenvalue weighted by Gasteiger charge is -2.10. The zero-order chi connectivity index (χ0) is 8.69. The van der Waals surface area contributed by atoms with E-state index in [1.807, 2.05) is 0 Å². The molecule has 0 bridgehead atoms. The maximum absolute atomic E-state index is 10.8. The molecule has 0 unspecified atom stereocenters. The minimum atomic E-state index is 0.0903. The van der Waals surface area contributed by atoms with Crippen LogP contribution in [-0.2, 0) is 9.53 Å². The summed E-state index contributed by atoms with van der Waals surface area (Å²) in [5.74, 6) is 0.0903. The molecule has 1 aliphatic rings. The summed E-state index contributed by atoms with van der Waals surface area (Å²) in [5, 5.41) is 0. The molecule has 1 saturated heterocycles. The van der Waals surface area contributed by atoms with Gasteiger partial charge in [-0.2, -0.15) is 0 Å². The smallest absolute Gasteiger partial charge is 0.248 e. The van der Waals surface area contributed by atoms with Crippen LogP contribution in [0, 0.1) is 0 Å². The molecule has 11 heavy (non-hydrogen) atoms. The predicted molar refractivity (Wildman–Crippen MR) is 44.3 cm³/mol. The van der Waals surface area contributed by atoms with Crippen LogP contribution in [0.15, 0.2) is 13.2 Å². The van der Waals surface area contributed by atoms with E-state index < -0.39 is 0 Å². The number of ether oxygens (including phenoxy) is 1. The van der Waals surface area contributed by atoms with Crippen molar-refractivity contribution in [2.45, 2.75) is 6.42 Å². The van der Waals surface area contributed by atoms with Crippen LogP contribution in [0.25, 0.3) is 0 Å². The molecule has 0 aromatic rings. The van der Waals surface area contributed by atoms with E-state index in [1.165, 1.54) is 0 Å². The van der Waals surface area contributed by atoms with Crippen LogP contribution in [0.3, 0.4) is 0 Å². The van der Waals surface area contributed by atoms with Gasteiger partial charge in [0.1, 0.15) is 6.61 Å². The fraction of sp³-hybridized carbons (Fsp3) is 0.625. The first kappa shape index (κ1) is 10.2. The molecule has 1 amide bonds. The Morgan fingerprint density at radius 3 is 2.82 bits per heavy atom. The molecule has 1 rings (SSSR count). The number of carbonyl (C=O) groups excluding carboxylic acids is 1. The van der Waals surface area contributed by atoms with Crippen molar-refractivity contribution in [3.63, 3.8) is 0 Å². The van der Waals surface area contributed by atoms with Crippen molar-refractivity contribution in [2.24, 2.45) is 0 Å². The van der Waals surface area contributed by atoms with Crippen LogP contribution in [0.1, 0.15) is 6.42 Å². The zero-order valence-corrected chi connectivity index (χ0v) is 7.01. The zero-order valence-electron chi connectivity index (χ0n) is 7.01. The highest BCUT2D eigenvalue weighted by atomic mass is 16.5. The second kappa shape index (κ2) is 5.92. The number of hydrogen-bond donors (Lipinski definition) is 0. The van der Waals surface area contributed by atoms with Gasteiger partial charge in [0, 0.05) is 20.2 Å². The molecule has 0 radical (unpaired) electrons. The van der Waals surface area contributed by atoms with Gasteiger partial charge in [-0.3, -0.25) is 4.79 Å². The Hall–Kier alpha value is -0.830.